The number of benzene rings is 1. The average molecular weight is 285 g/mol. The number of pyridine rings is 1. The number of carboxylic acid groups (broad SMARTS) is 1. The Kier molecular flexibility index (Phi) is 3.64. The van der Waals surface area contributed by atoms with Gasteiger partial charge in [0.15, 0.2) is 0 Å². The van der Waals surface area contributed by atoms with E-state index in [2.05, 4.69) is 29.4 Å². The van der Waals surface area contributed by atoms with Crippen LogP contribution in [0.5, 0.6) is 0 Å². The van der Waals surface area contributed by atoms with Gasteiger partial charge in [-0.05, 0) is 36.8 Å². The van der Waals surface area contributed by atoms with Crippen molar-refractivity contribution in [3.8, 4) is 0 Å². The lowest BCUT2D eigenvalue weighted by molar-refractivity contribution is 0.133. The van der Waals surface area contributed by atoms with E-state index in [0.29, 0.717) is 13.1 Å². The van der Waals surface area contributed by atoms with E-state index >= 15 is 0 Å². The van der Waals surface area contributed by atoms with Gasteiger partial charge in [0.1, 0.15) is 5.82 Å². The zero-order valence-corrected chi connectivity index (χ0v) is 12.0. The molecule has 0 saturated carbocycles. The highest BCUT2D eigenvalue weighted by Gasteiger charge is 2.23. The van der Waals surface area contributed by atoms with E-state index in [9.17, 15) is 4.79 Å². The summed E-state index contributed by atoms with van der Waals surface area (Å²) in [6.45, 7) is 3.20. The molecule has 2 aromatic rings. The van der Waals surface area contributed by atoms with Crippen LogP contribution in [0.15, 0.2) is 30.5 Å². The Bertz CT molecular complexity index is 666. The largest absolute Gasteiger partial charge is 0.465 e. The maximum absolute atomic E-state index is 11.1. The number of hydrogen-bond donors (Lipinski definition) is 2. The molecule has 0 bridgehead atoms. The molecule has 1 aliphatic heterocycles. The van der Waals surface area contributed by atoms with E-state index in [0.717, 1.165) is 29.4 Å². The summed E-state index contributed by atoms with van der Waals surface area (Å²) in [5.74, 6) is 0.850. The van der Waals surface area contributed by atoms with Gasteiger partial charge in [-0.1, -0.05) is 18.2 Å². The maximum Gasteiger partial charge on any atom is 0.407 e. The topological polar surface area (TPSA) is 65.5 Å². The minimum atomic E-state index is -0.844. The summed E-state index contributed by atoms with van der Waals surface area (Å²) in [5.41, 5.74) is 1.18. The van der Waals surface area contributed by atoms with Crippen LogP contribution in [0.1, 0.15) is 18.4 Å². The lowest BCUT2D eigenvalue weighted by Gasteiger charge is -2.31. The summed E-state index contributed by atoms with van der Waals surface area (Å²) >= 11 is 0. The van der Waals surface area contributed by atoms with Gasteiger partial charge in [0.25, 0.3) is 0 Å². The number of carbonyl (C=O) groups is 1. The summed E-state index contributed by atoms with van der Waals surface area (Å²) in [4.78, 5) is 17.0. The van der Waals surface area contributed by atoms with E-state index in [-0.39, 0.29) is 6.04 Å². The number of piperidine rings is 1. The van der Waals surface area contributed by atoms with Crippen molar-refractivity contribution in [1.82, 2.24) is 9.88 Å². The molecule has 21 heavy (non-hydrogen) atoms. The van der Waals surface area contributed by atoms with Gasteiger partial charge in [-0.15, -0.1) is 0 Å². The average Bonchev–Trinajstić information content (AvgIpc) is 2.48. The molecule has 5 nitrogen and oxygen atoms in total. The Hall–Kier alpha value is -2.30. The predicted octanol–water partition coefficient (Wildman–Crippen LogP) is 3.10. The monoisotopic (exact) mass is 285 g/mol. The zero-order chi connectivity index (χ0) is 14.8. The van der Waals surface area contributed by atoms with Crippen LogP contribution < -0.4 is 5.32 Å². The van der Waals surface area contributed by atoms with Crippen LogP contribution in [0, 0.1) is 6.92 Å². The summed E-state index contributed by atoms with van der Waals surface area (Å²) < 4.78 is 0. The van der Waals surface area contributed by atoms with E-state index in [1.54, 1.807) is 6.20 Å². The second kappa shape index (κ2) is 5.60. The number of hydrogen-bond acceptors (Lipinski definition) is 3. The summed E-state index contributed by atoms with van der Waals surface area (Å²) in [7, 11) is 0. The Morgan fingerprint density at radius 3 is 3.10 bits per heavy atom. The second-order valence-corrected chi connectivity index (χ2v) is 5.54. The maximum atomic E-state index is 11.1. The number of anilines is 1. The molecule has 110 valence electrons. The third-order valence-electron chi connectivity index (χ3n) is 4.03. The number of aryl methyl sites for hydroxylation is 1. The normalized spacial score (nSPS) is 18.7. The highest BCUT2D eigenvalue weighted by Crippen LogP contribution is 2.26. The number of likely N-dealkylation sites (tertiary alicyclic amines) is 1. The molecule has 5 heteroatoms. The van der Waals surface area contributed by atoms with Crippen LogP contribution in [-0.4, -0.2) is 40.2 Å². The number of fused-ring (bicyclic) bond motifs is 1. The van der Waals surface area contributed by atoms with Gasteiger partial charge in [0.05, 0.1) is 0 Å². The van der Waals surface area contributed by atoms with Gasteiger partial charge in [-0.25, -0.2) is 9.78 Å². The standard InChI is InChI=1S/C16H19N3O2/c1-11-4-2-5-12-7-8-17-15(14(11)12)18-13-6-3-9-19(10-13)16(20)21/h2,4-5,7-8,13H,3,6,9-10H2,1H3,(H,17,18)(H,20,21)/t13-/m1/s1. The quantitative estimate of drug-likeness (QED) is 0.890. The van der Waals surface area contributed by atoms with E-state index < -0.39 is 6.09 Å². The summed E-state index contributed by atoms with van der Waals surface area (Å²) in [5, 5.41) is 14.8. The van der Waals surface area contributed by atoms with E-state index in [1.807, 2.05) is 12.1 Å². The third-order valence-corrected chi connectivity index (χ3v) is 4.03. The lowest BCUT2D eigenvalue weighted by atomic mass is 10.0. The van der Waals surface area contributed by atoms with Crippen molar-refractivity contribution in [2.75, 3.05) is 18.4 Å². The zero-order valence-electron chi connectivity index (χ0n) is 12.0. The molecular weight excluding hydrogens is 266 g/mol. The summed E-state index contributed by atoms with van der Waals surface area (Å²) in [6.07, 6.45) is 2.80. The molecular formula is C16H19N3O2. The van der Waals surface area contributed by atoms with Crippen molar-refractivity contribution in [2.24, 2.45) is 0 Å². The van der Waals surface area contributed by atoms with Crippen molar-refractivity contribution >= 4 is 22.7 Å². The number of nitrogens with one attached hydrogen (secondary N) is 1. The molecule has 2 heterocycles. The van der Waals surface area contributed by atoms with Crippen LogP contribution in [0.4, 0.5) is 10.6 Å². The van der Waals surface area contributed by atoms with E-state index in [1.165, 1.54) is 10.5 Å². The Labute approximate surface area is 123 Å². The van der Waals surface area contributed by atoms with Crippen molar-refractivity contribution in [3.63, 3.8) is 0 Å². The van der Waals surface area contributed by atoms with Crippen LogP contribution >= 0.6 is 0 Å². The number of nitrogens with zero attached hydrogens (tertiary/aromatic N) is 2. The molecule has 1 aliphatic rings. The van der Waals surface area contributed by atoms with Crippen LogP contribution in [0.25, 0.3) is 10.8 Å². The van der Waals surface area contributed by atoms with Crippen molar-refractivity contribution in [1.29, 1.82) is 0 Å². The first-order valence-corrected chi connectivity index (χ1v) is 7.24. The molecule has 1 aromatic heterocycles. The Morgan fingerprint density at radius 2 is 2.29 bits per heavy atom. The van der Waals surface area contributed by atoms with Gasteiger partial charge in [-0.2, -0.15) is 0 Å². The van der Waals surface area contributed by atoms with Crippen LogP contribution in [0.3, 0.4) is 0 Å². The molecule has 1 fully saturated rings. The highest BCUT2D eigenvalue weighted by atomic mass is 16.4. The first-order chi connectivity index (χ1) is 10.1. The van der Waals surface area contributed by atoms with Crippen molar-refractivity contribution < 1.29 is 9.90 Å². The molecule has 0 spiro atoms. The minimum absolute atomic E-state index is 0.118. The lowest BCUT2D eigenvalue weighted by Crippen LogP contribution is -2.44. The molecule has 2 N–H and O–H groups in total. The fourth-order valence-electron chi connectivity index (χ4n) is 2.98. The van der Waals surface area contributed by atoms with Crippen molar-refractivity contribution in [3.05, 3.63) is 36.0 Å². The molecule has 1 amide bonds. The predicted molar refractivity (Wildman–Crippen MR) is 82.7 cm³/mol. The van der Waals surface area contributed by atoms with Gasteiger partial charge in [-0.3, -0.25) is 0 Å². The number of rotatable bonds is 2. The number of amides is 1. The summed E-state index contributed by atoms with van der Waals surface area (Å²) in [6, 6.07) is 8.29. The molecule has 0 radical (unpaired) electrons. The Balaban J connectivity index is 1.86. The molecule has 3 rings (SSSR count). The van der Waals surface area contributed by atoms with Crippen molar-refractivity contribution in [2.45, 2.75) is 25.8 Å². The molecule has 1 aromatic carbocycles. The van der Waals surface area contributed by atoms with Crippen LogP contribution in [0.2, 0.25) is 0 Å². The molecule has 0 aliphatic carbocycles. The van der Waals surface area contributed by atoms with E-state index in [4.69, 9.17) is 5.11 Å². The molecule has 1 atom stereocenters. The van der Waals surface area contributed by atoms with Gasteiger partial charge < -0.3 is 15.3 Å². The van der Waals surface area contributed by atoms with Gasteiger partial charge in [0.2, 0.25) is 0 Å². The highest BCUT2D eigenvalue weighted by molar-refractivity contribution is 5.94. The van der Waals surface area contributed by atoms with Gasteiger partial charge in [0, 0.05) is 30.7 Å². The molecule has 1 saturated heterocycles. The Morgan fingerprint density at radius 1 is 1.43 bits per heavy atom. The first-order valence-electron chi connectivity index (χ1n) is 7.24. The minimum Gasteiger partial charge on any atom is -0.465 e. The van der Waals surface area contributed by atoms with Gasteiger partial charge >= 0.3 is 6.09 Å². The SMILES string of the molecule is Cc1cccc2ccnc(N[C@@H]3CCCN(C(=O)O)C3)c12. The smallest absolute Gasteiger partial charge is 0.407 e. The first kappa shape index (κ1) is 13.7. The molecule has 0 unspecified atom stereocenters. The fraction of sp³-hybridized carbons (Fsp3) is 0.375. The van der Waals surface area contributed by atoms with Crippen LogP contribution in [-0.2, 0) is 0 Å². The second-order valence-electron chi connectivity index (χ2n) is 5.54. The number of aromatic nitrogens is 1. The fourth-order valence-corrected chi connectivity index (χ4v) is 2.98. The third kappa shape index (κ3) is 2.77.